The van der Waals surface area contributed by atoms with Crippen molar-refractivity contribution in [2.24, 2.45) is 11.8 Å². The second kappa shape index (κ2) is 10.4. The maximum Gasteiger partial charge on any atom is 0.0590 e. The molecule has 1 unspecified atom stereocenters. The predicted molar refractivity (Wildman–Crippen MR) is 64.2 cm³/mol. The molecule has 0 aromatic heterocycles. The van der Waals surface area contributed by atoms with Crippen molar-refractivity contribution in [3.8, 4) is 0 Å². The number of methoxy groups -OCH3 is 1. The first-order chi connectivity index (χ1) is 7.16. The van der Waals surface area contributed by atoms with Gasteiger partial charge in [0.2, 0.25) is 0 Å². The van der Waals surface area contributed by atoms with Crippen LogP contribution < -0.4 is 5.32 Å². The lowest BCUT2D eigenvalue weighted by Gasteiger charge is -2.11. The van der Waals surface area contributed by atoms with Crippen LogP contribution in [0.5, 0.6) is 0 Å². The average molecular weight is 217 g/mol. The van der Waals surface area contributed by atoms with Gasteiger partial charge < -0.3 is 14.8 Å². The minimum absolute atomic E-state index is 0.575. The standard InChI is InChI=1S/C12H27NO2/c1-11(2)5-7-15-8-6-13-9-12(3)10-14-4/h11-13H,5-10H2,1-4H3. The Kier molecular flexibility index (Phi) is 10.3. The van der Waals surface area contributed by atoms with Crippen molar-refractivity contribution in [2.45, 2.75) is 27.2 Å². The van der Waals surface area contributed by atoms with E-state index in [-0.39, 0.29) is 0 Å². The van der Waals surface area contributed by atoms with Crippen molar-refractivity contribution in [2.75, 3.05) is 40.0 Å². The summed E-state index contributed by atoms with van der Waals surface area (Å²) in [6.45, 7) is 11.1. The third kappa shape index (κ3) is 11.8. The molecule has 0 aromatic rings. The second-order valence-corrected chi connectivity index (χ2v) is 4.56. The smallest absolute Gasteiger partial charge is 0.0590 e. The predicted octanol–water partition coefficient (Wildman–Crippen LogP) is 1.92. The summed E-state index contributed by atoms with van der Waals surface area (Å²) in [4.78, 5) is 0. The molecule has 1 N–H and O–H groups in total. The van der Waals surface area contributed by atoms with E-state index in [9.17, 15) is 0 Å². The molecule has 0 aliphatic rings. The lowest BCUT2D eigenvalue weighted by Crippen LogP contribution is -2.27. The fourth-order valence-electron chi connectivity index (χ4n) is 1.26. The number of ether oxygens (including phenoxy) is 2. The van der Waals surface area contributed by atoms with Gasteiger partial charge in [0.1, 0.15) is 0 Å². The Hall–Kier alpha value is -0.120. The van der Waals surface area contributed by atoms with Gasteiger partial charge in [0.25, 0.3) is 0 Å². The Morgan fingerprint density at radius 1 is 1.13 bits per heavy atom. The van der Waals surface area contributed by atoms with Crippen LogP contribution in [0, 0.1) is 11.8 Å². The molecule has 3 nitrogen and oxygen atoms in total. The van der Waals surface area contributed by atoms with E-state index in [1.165, 1.54) is 0 Å². The minimum atomic E-state index is 0.575. The highest BCUT2D eigenvalue weighted by Gasteiger charge is 1.99. The molecule has 0 radical (unpaired) electrons. The molecule has 0 aromatic carbocycles. The maximum absolute atomic E-state index is 5.49. The topological polar surface area (TPSA) is 30.5 Å². The molecule has 0 amide bonds. The van der Waals surface area contributed by atoms with Crippen LogP contribution in [-0.4, -0.2) is 40.0 Å². The van der Waals surface area contributed by atoms with Crippen LogP contribution in [0.3, 0.4) is 0 Å². The van der Waals surface area contributed by atoms with E-state index >= 15 is 0 Å². The molecule has 0 spiro atoms. The van der Waals surface area contributed by atoms with Gasteiger partial charge in [0.05, 0.1) is 6.61 Å². The highest BCUT2D eigenvalue weighted by molar-refractivity contribution is 4.55. The summed E-state index contributed by atoms with van der Waals surface area (Å²) in [6, 6.07) is 0. The molecular weight excluding hydrogens is 190 g/mol. The third-order valence-electron chi connectivity index (χ3n) is 2.21. The molecule has 0 saturated heterocycles. The van der Waals surface area contributed by atoms with Crippen molar-refractivity contribution < 1.29 is 9.47 Å². The summed E-state index contributed by atoms with van der Waals surface area (Å²) in [6.07, 6.45) is 1.15. The third-order valence-corrected chi connectivity index (χ3v) is 2.21. The lowest BCUT2D eigenvalue weighted by atomic mass is 10.1. The molecule has 92 valence electrons. The molecule has 0 aliphatic heterocycles. The van der Waals surface area contributed by atoms with Crippen LogP contribution in [0.2, 0.25) is 0 Å². The zero-order valence-electron chi connectivity index (χ0n) is 10.7. The van der Waals surface area contributed by atoms with Crippen LogP contribution in [0.4, 0.5) is 0 Å². The van der Waals surface area contributed by atoms with E-state index in [1.807, 2.05) is 0 Å². The van der Waals surface area contributed by atoms with E-state index < -0.39 is 0 Å². The lowest BCUT2D eigenvalue weighted by molar-refractivity contribution is 0.121. The molecule has 0 heterocycles. The van der Waals surface area contributed by atoms with Crippen LogP contribution in [0.1, 0.15) is 27.2 Å². The van der Waals surface area contributed by atoms with Crippen LogP contribution >= 0.6 is 0 Å². The van der Waals surface area contributed by atoms with E-state index in [0.29, 0.717) is 5.92 Å². The van der Waals surface area contributed by atoms with Crippen LogP contribution in [0.15, 0.2) is 0 Å². The maximum atomic E-state index is 5.49. The number of nitrogens with one attached hydrogen (secondary N) is 1. The van der Waals surface area contributed by atoms with Gasteiger partial charge in [-0.2, -0.15) is 0 Å². The van der Waals surface area contributed by atoms with Gasteiger partial charge >= 0.3 is 0 Å². The Morgan fingerprint density at radius 3 is 2.47 bits per heavy atom. The molecular formula is C12H27NO2. The van der Waals surface area contributed by atoms with E-state index in [2.05, 4.69) is 26.1 Å². The molecule has 15 heavy (non-hydrogen) atoms. The van der Waals surface area contributed by atoms with E-state index in [0.717, 1.165) is 45.2 Å². The molecule has 0 fully saturated rings. The molecule has 1 atom stereocenters. The highest BCUT2D eigenvalue weighted by atomic mass is 16.5. The Balaban J connectivity index is 3.04. The van der Waals surface area contributed by atoms with Crippen LogP contribution in [0.25, 0.3) is 0 Å². The monoisotopic (exact) mass is 217 g/mol. The summed E-state index contributed by atoms with van der Waals surface area (Å²) in [5.41, 5.74) is 0. The summed E-state index contributed by atoms with van der Waals surface area (Å²) < 4.78 is 10.5. The Labute approximate surface area is 94.5 Å². The van der Waals surface area contributed by atoms with Crippen LogP contribution in [-0.2, 0) is 9.47 Å². The Bertz CT molecular complexity index is 129. The van der Waals surface area contributed by atoms with Crippen molar-refractivity contribution in [1.82, 2.24) is 5.32 Å². The van der Waals surface area contributed by atoms with E-state index in [4.69, 9.17) is 9.47 Å². The number of hydrogen-bond donors (Lipinski definition) is 1. The first-order valence-corrected chi connectivity index (χ1v) is 5.94. The molecule has 0 aliphatic carbocycles. The summed E-state index contributed by atoms with van der Waals surface area (Å²) >= 11 is 0. The summed E-state index contributed by atoms with van der Waals surface area (Å²) in [5, 5.41) is 3.35. The normalized spacial score (nSPS) is 13.4. The van der Waals surface area contributed by atoms with Gasteiger partial charge in [-0.3, -0.25) is 0 Å². The quantitative estimate of drug-likeness (QED) is 0.567. The van der Waals surface area contributed by atoms with Crippen molar-refractivity contribution in [3.63, 3.8) is 0 Å². The van der Waals surface area contributed by atoms with Gasteiger partial charge in [-0.15, -0.1) is 0 Å². The molecule has 0 saturated carbocycles. The fraction of sp³-hybridized carbons (Fsp3) is 1.00. The van der Waals surface area contributed by atoms with Gasteiger partial charge in [0, 0.05) is 26.9 Å². The second-order valence-electron chi connectivity index (χ2n) is 4.56. The fourth-order valence-corrected chi connectivity index (χ4v) is 1.26. The summed E-state index contributed by atoms with van der Waals surface area (Å²) in [5.74, 6) is 1.31. The largest absolute Gasteiger partial charge is 0.384 e. The SMILES string of the molecule is COCC(C)CNCCOCCC(C)C. The van der Waals surface area contributed by atoms with Crippen molar-refractivity contribution >= 4 is 0 Å². The molecule has 3 heteroatoms. The van der Waals surface area contributed by atoms with Gasteiger partial charge in [0.15, 0.2) is 0 Å². The first-order valence-electron chi connectivity index (χ1n) is 5.94. The number of hydrogen-bond acceptors (Lipinski definition) is 3. The highest BCUT2D eigenvalue weighted by Crippen LogP contribution is 1.98. The molecule has 0 rings (SSSR count). The zero-order valence-corrected chi connectivity index (χ0v) is 10.7. The van der Waals surface area contributed by atoms with Gasteiger partial charge in [-0.1, -0.05) is 20.8 Å². The van der Waals surface area contributed by atoms with Crippen molar-refractivity contribution in [1.29, 1.82) is 0 Å². The molecule has 0 bridgehead atoms. The number of rotatable bonds is 10. The van der Waals surface area contributed by atoms with Gasteiger partial charge in [-0.25, -0.2) is 0 Å². The van der Waals surface area contributed by atoms with Crippen molar-refractivity contribution in [3.05, 3.63) is 0 Å². The van der Waals surface area contributed by atoms with Gasteiger partial charge in [-0.05, 0) is 24.8 Å². The Morgan fingerprint density at radius 2 is 1.87 bits per heavy atom. The average Bonchev–Trinajstić information content (AvgIpc) is 2.16. The van der Waals surface area contributed by atoms with E-state index in [1.54, 1.807) is 7.11 Å². The zero-order chi connectivity index (χ0) is 11.5. The minimum Gasteiger partial charge on any atom is -0.384 e. The first kappa shape index (κ1) is 14.9. The summed E-state index contributed by atoms with van der Waals surface area (Å²) in [7, 11) is 1.74.